The molecule has 0 saturated carbocycles. The summed E-state index contributed by atoms with van der Waals surface area (Å²) in [6.07, 6.45) is 0.0999. The second-order valence-corrected chi connectivity index (χ2v) is 4.18. The fourth-order valence-corrected chi connectivity index (χ4v) is 2.45. The van der Waals surface area contributed by atoms with E-state index in [2.05, 4.69) is 0 Å². The molecule has 1 aliphatic heterocycles. The third-order valence-electron chi connectivity index (χ3n) is 3.23. The van der Waals surface area contributed by atoms with Gasteiger partial charge in [0.05, 0.1) is 12.0 Å². The van der Waals surface area contributed by atoms with E-state index in [0.29, 0.717) is 6.54 Å². The van der Waals surface area contributed by atoms with Crippen LogP contribution in [0.25, 0.3) is 0 Å². The predicted octanol–water partition coefficient (Wildman–Crippen LogP) is 1.68. The van der Waals surface area contributed by atoms with Gasteiger partial charge in [-0.1, -0.05) is 30.3 Å². The van der Waals surface area contributed by atoms with Crippen molar-refractivity contribution < 1.29 is 14.7 Å². The van der Waals surface area contributed by atoms with Gasteiger partial charge in [0, 0.05) is 13.0 Å². The molecule has 1 N–H and O–H groups in total. The fourth-order valence-electron chi connectivity index (χ4n) is 2.45. The van der Waals surface area contributed by atoms with Crippen molar-refractivity contribution >= 4 is 11.9 Å². The van der Waals surface area contributed by atoms with Crippen molar-refractivity contribution in [3.8, 4) is 0 Å². The number of hydrogen-bond acceptors (Lipinski definition) is 2. The van der Waals surface area contributed by atoms with E-state index < -0.39 is 11.9 Å². The van der Waals surface area contributed by atoms with Gasteiger partial charge in [-0.2, -0.15) is 0 Å². The maximum absolute atomic E-state index is 11.8. The minimum atomic E-state index is -0.900. The second kappa shape index (κ2) is 4.57. The predicted molar refractivity (Wildman–Crippen MR) is 62.3 cm³/mol. The van der Waals surface area contributed by atoms with Gasteiger partial charge >= 0.3 is 5.97 Å². The summed E-state index contributed by atoms with van der Waals surface area (Å²) in [4.78, 5) is 24.6. The van der Waals surface area contributed by atoms with Crippen molar-refractivity contribution in [3.05, 3.63) is 35.9 Å². The third kappa shape index (κ3) is 2.02. The number of rotatable bonds is 3. The van der Waals surface area contributed by atoms with Gasteiger partial charge in [0.1, 0.15) is 0 Å². The van der Waals surface area contributed by atoms with Crippen LogP contribution >= 0.6 is 0 Å². The Balaban J connectivity index is 2.39. The zero-order valence-corrected chi connectivity index (χ0v) is 9.67. The summed E-state index contributed by atoms with van der Waals surface area (Å²) in [7, 11) is 0. The van der Waals surface area contributed by atoms with Gasteiger partial charge in [0.25, 0.3) is 0 Å². The maximum Gasteiger partial charge on any atom is 0.309 e. The smallest absolute Gasteiger partial charge is 0.309 e. The first-order valence-corrected chi connectivity index (χ1v) is 5.72. The van der Waals surface area contributed by atoms with Gasteiger partial charge in [0.15, 0.2) is 0 Å². The number of carboxylic acid groups (broad SMARTS) is 1. The molecule has 0 bridgehead atoms. The molecule has 0 unspecified atom stereocenters. The minimum Gasteiger partial charge on any atom is -0.481 e. The normalized spacial score (nSPS) is 24.1. The Labute approximate surface area is 99.9 Å². The van der Waals surface area contributed by atoms with Crippen LogP contribution < -0.4 is 0 Å². The first kappa shape index (κ1) is 11.6. The van der Waals surface area contributed by atoms with E-state index in [-0.39, 0.29) is 18.4 Å². The number of nitrogens with zero attached hydrogens (tertiary/aromatic N) is 1. The largest absolute Gasteiger partial charge is 0.481 e. The number of benzene rings is 1. The van der Waals surface area contributed by atoms with E-state index in [1.807, 2.05) is 37.3 Å². The molecule has 0 spiro atoms. The van der Waals surface area contributed by atoms with E-state index in [1.165, 1.54) is 0 Å². The summed E-state index contributed by atoms with van der Waals surface area (Å²) in [6, 6.07) is 9.04. The lowest BCUT2D eigenvalue weighted by molar-refractivity contribution is -0.142. The zero-order valence-electron chi connectivity index (χ0n) is 9.67. The highest BCUT2D eigenvalue weighted by molar-refractivity contribution is 5.87. The molecule has 17 heavy (non-hydrogen) atoms. The van der Waals surface area contributed by atoms with E-state index in [9.17, 15) is 14.7 Å². The number of aliphatic carboxylic acids is 1. The van der Waals surface area contributed by atoms with Crippen molar-refractivity contribution in [1.82, 2.24) is 4.90 Å². The number of amides is 1. The lowest BCUT2D eigenvalue weighted by Crippen LogP contribution is -2.30. The monoisotopic (exact) mass is 233 g/mol. The van der Waals surface area contributed by atoms with Crippen molar-refractivity contribution in [2.75, 3.05) is 6.54 Å². The lowest BCUT2D eigenvalue weighted by atomic mass is 9.94. The molecular formula is C13H15NO3. The van der Waals surface area contributed by atoms with Gasteiger partial charge in [-0.15, -0.1) is 0 Å². The average Bonchev–Trinajstić information content (AvgIpc) is 2.67. The third-order valence-corrected chi connectivity index (χ3v) is 3.23. The Kier molecular flexibility index (Phi) is 3.13. The molecule has 0 radical (unpaired) electrons. The van der Waals surface area contributed by atoms with Crippen molar-refractivity contribution in [1.29, 1.82) is 0 Å². The lowest BCUT2D eigenvalue weighted by Gasteiger charge is -2.25. The molecule has 1 heterocycles. The molecule has 2 atom stereocenters. The number of carboxylic acids is 1. The van der Waals surface area contributed by atoms with Crippen molar-refractivity contribution in [3.63, 3.8) is 0 Å². The standard InChI is InChI=1S/C13H15NO3/c1-2-14-11(15)8-10(13(16)17)12(14)9-6-4-3-5-7-9/h3-7,10,12H,2,8H2,1H3,(H,16,17)/t10-,12-/m1/s1. The zero-order chi connectivity index (χ0) is 12.4. The topological polar surface area (TPSA) is 57.6 Å². The van der Waals surface area contributed by atoms with E-state index in [4.69, 9.17) is 0 Å². The molecule has 1 aliphatic rings. The highest BCUT2D eigenvalue weighted by atomic mass is 16.4. The summed E-state index contributed by atoms with van der Waals surface area (Å²) >= 11 is 0. The van der Waals surface area contributed by atoms with Crippen molar-refractivity contribution in [2.45, 2.75) is 19.4 Å². The minimum absolute atomic E-state index is 0.0752. The van der Waals surface area contributed by atoms with Crippen LogP contribution in [-0.4, -0.2) is 28.4 Å². The van der Waals surface area contributed by atoms with Crippen LogP contribution in [0.3, 0.4) is 0 Å². The number of carbonyl (C=O) groups excluding carboxylic acids is 1. The van der Waals surface area contributed by atoms with E-state index in [0.717, 1.165) is 5.56 Å². The molecule has 1 saturated heterocycles. The SMILES string of the molecule is CCN1C(=O)C[C@@H](C(=O)O)[C@H]1c1ccccc1. The highest BCUT2D eigenvalue weighted by Gasteiger charge is 2.43. The summed E-state index contributed by atoms with van der Waals surface area (Å²) in [5, 5.41) is 9.20. The summed E-state index contributed by atoms with van der Waals surface area (Å²) in [6.45, 7) is 2.42. The maximum atomic E-state index is 11.8. The Hall–Kier alpha value is -1.84. The molecule has 1 fully saturated rings. The number of carbonyl (C=O) groups is 2. The van der Waals surface area contributed by atoms with Gasteiger partial charge in [0.2, 0.25) is 5.91 Å². The summed E-state index contributed by atoms with van der Waals surface area (Å²) in [5.74, 6) is -1.61. The molecule has 4 heteroatoms. The van der Waals surface area contributed by atoms with E-state index in [1.54, 1.807) is 4.90 Å². The molecule has 1 aromatic rings. The van der Waals surface area contributed by atoms with Gasteiger partial charge in [-0.05, 0) is 12.5 Å². The van der Waals surface area contributed by atoms with Crippen molar-refractivity contribution in [2.24, 2.45) is 5.92 Å². The van der Waals surface area contributed by atoms with Crippen LogP contribution in [0.15, 0.2) is 30.3 Å². The Bertz CT molecular complexity index is 430. The van der Waals surface area contributed by atoms with E-state index >= 15 is 0 Å². The highest BCUT2D eigenvalue weighted by Crippen LogP contribution is 2.37. The van der Waals surface area contributed by atoms with Gasteiger partial charge in [-0.3, -0.25) is 9.59 Å². The molecule has 4 nitrogen and oxygen atoms in total. The molecule has 2 rings (SSSR count). The molecule has 90 valence electrons. The first-order valence-electron chi connectivity index (χ1n) is 5.72. The second-order valence-electron chi connectivity index (χ2n) is 4.18. The van der Waals surface area contributed by atoms with Crippen LogP contribution in [0.5, 0.6) is 0 Å². The fraction of sp³-hybridized carbons (Fsp3) is 0.385. The number of likely N-dealkylation sites (tertiary alicyclic amines) is 1. The van der Waals surface area contributed by atoms with Crippen LogP contribution in [0.4, 0.5) is 0 Å². The van der Waals surface area contributed by atoms with Crippen LogP contribution in [-0.2, 0) is 9.59 Å². The molecule has 1 amide bonds. The molecular weight excluding hydrogens is 218 g/mol. The Morgan fingerprint density at radius 1 is 1.41 bits per heavy atom. The molecule has 1 aromatic carbocycles. The average molecular weight is 233 g/mol. The summed E-state index contributed by atoms with van der Waals surface area (Å²) < 4.78 is 0. The van der Waals surface area contributed by atoms with Gasteiger partial charge in [-0.25, -0.2) is 0 Å². The van der Waals surface area contributed by atoms with Crippen LogP contribution in [0, 0.1) is 5.92 Å². The summed E-state index contributed by atoms with van der Waals surface area (Å²) in [5.41, 5.74) is 0.896. The molecule has 0 aliphatic carbocycles. The van der Waals surface area contributed by atoms with Gasteiger partial charge < -0.3 is 10.0 Å². The Morgan fingerprint density at radius 3 is 2.59 bits per heavy atom. The quantitative estimate of drug-likeness (QED) is 0.864. The van der Waals surface area contributed by atoms with Crippen LogP contribution in [0.1, 0.15) is 24.9 Å². The Morgan fingerprint density at radius 2 is 2.06 bits per heavy atom. The first-order chi connectivity index (χ1) is 8.15. The van der Waals surface area contributed by atoms with Crippen LogP contribution in [0.2, 0.25) is 0 Å². The molecule has 0 aromatic heterocycles. The number of hydrogen-bond donors (Lipinski definition) is 1.